The van der Waals surface area contributed by atoms with Crippen LogP contribution >= 0.6 is 14.1 Å². The maximum atomic E-state index is 10.3. The summed E-state index contributed by atoms with van der Waals surface area (Å²) in [7, 11) is -4.99. The second-order valence-electron chi connectivity index (χ2n) is 10.7. The SMILES string of the molecule is [O-]c1ccccc1.c1ccc(P(=[N+]=P(c2ccccc2)(c2ccccc2)c2ccccc2)(c2ccccc2)c2ccccc2)cc1. The summed E-state index contributed by atoms with van der Waals surface area (Å²) in [6.07, 6.45) is 0. The quantitative estimate of drug-likeness (QED) is 0.142. The van der Waals surface area contributed by atoms with E-state index >= 15 is 0 Å². The van der Waals surface area contributed by atoms with Gasteiger partial charge in [-0.15, -0.1) is 9.92 Å². The highest BCUT2D eigenvalue weighted by Gasteiger charge is 2.44. The maximum absolute atomic E-state index is 10.3. The molecule has 0 aliphatic rings. The van der Waals surface area contributed by atoms with Crippen molar-refractivity contribution >= 4 is 45.9 Å². The molecule has 7 rings (SSSR count). The van der Waals surface area contributed by atoms with Crippen molar-refractivity contribution in [1.82, 2.24) is 4.17 Å². The molecule has 0 fully saturated rings. The summed E-state index contributed by atoms with van der Waals surface area (Å²) in [5.41, 5.74) is 0. The van der Waals surface area contributed by atoms with Crippen LogP contribution in [0.25, 0.3) is 0 Å². The molecule has 0 heterocycles. The van der Waals surface area contributed by atoms with Gasteiger partial charge in [0.1, 0.15) is 0 Å². The number of rotatable bonds is 6. The third-order valence-electron chi connectivity index (χ3n) is 7.79. The molecule has 0 amide bonds. The van der Waals surface area contributed by atoms with Gasteiger partial charge in [-0.05, 0) is 72.8 Å². The van der Waals surface area contributed by atoms with Crippen LogP contribution < -0.4 is 41.1 Å². The summed E-state index contributed by atoms with van der Waals surface area (Å²) in [5.74, 6) is 0.0718. The van der Waals surface area contributed by atoms with Gasteiger partial charge in [-0.25, -0.2) is 0 Å². The first-order chi connectivity index (χ1) is 22.7. The first-order valence-corrected chi connectivity index (χ1v) is 18.8. The van der Waals surface area contributed by atoms with E-state index in [9.17, 15) is 5.11 Å². The Bertz CT molecular complexity index is 1730. The zero-order valence-corrected chi connectivity index (χ0v) is 27.2. The lowest BCUT2D eigenvalue weighted by molar-refractivity contribution is -0.268. The first-order valence-electron chi connectivity index (χ1n) is 15.3. The Labute approximate surface area is 272 Å². The smallest absolute Gasteiger partial charge is 0.301 e. The van der Waals surface area contributed by atoms with Crippen molar-refractivity contribution in [3.05, 3.63) is 212 Å². The average Bonchev–Trinajstić information content (AvgIpc) is 3.15. The zero-order valence-electron chi connectivity index (χ0n) is 25.5. The van der Waals surface area contributed by atoms with E-state index in [1.54, 1.807) is 12.1 Å². The predicted molar refractivity (Wildman–Crippen MR) is 198 cm³/mol. The second-order valence-corrected chi connectivity index (χ2v) is 17.0. The number of hydrogen-bond acceptors (Lipinski definition) is 1. The summed E-state index contributed by atoms with van der Waals surface area (Å²) in [6.45, 7) is 0. The molecule has 0 saturated carbocycles. The number of para-hydroxylation sites is 1. The van der Waals surface area contributed by atoms with E-state index in [4.69, 9.17) is 4.17 Å². The van der Waals surface area contributed by atoms with Crippen LogP contribution in [0.2, 0.25) is 0 Å². The molecule has 0 unspecified atom stereocenters. The molecular weight excluding hydrogens is 596 g/mol. The van der Waals surface area contributed by atoms with Crippen LogP contribution in [-0.4, -0.2) is 0 Å². The van der Waals surface area contributed by atoms with E-state index in [0.29, 0.717) is 0 Å². The number of hydrogen-bond donors (Lipinski definition) is 0. The van der Waals surface area contributed by atoms with Crippen molar-refractivity contribution in [2.45, 2.75) is 0 Å². The topological polar surface area (TPSA) is 37.2 Å². The zero-order chi connectivity index (χ0) is 31.5. The third-order valence-corrected chi connectivity index (χ3v) is 16.2. The molecule has 224 valence electrons. The Morgan fingerprint density at radius 1 is 0.261 bits per heavy atom. The Balaban J connectivity index is 0.000000471. The van der Waals surface area contributed by atoms with Crippen LogP contribution in [0, 0.1) is 0 Å². The van der Waals surface area contributed by atoms with Crippen LogP contribution in [0.3, 0.4) is 0 Å². The summed E-state index contributed by atoms with van der Waals surface area (Å²) >= 11 is 0. The highest BCUT2D eigenvalue weighted by molar-refractivity contribution is 7.93. The maximum Gasteiger partial charge on any atom is 0.301 e. The molecular formula is C42H35NOP2. The predicted octanol–water partition coefficient (Wildman–Crippen LogP) is 7.17. The number of nitrogens with zero attached hydrogens (tertiary/aromatic N) is 1. The lowest BCUT2D eigenvalue weighted by Gasteiger charge is -2.20. The minimum Gasteiger partial charge on any atom is -0.872 e. The Morgan fingerprint density at radius 2 is 0.435 bits per heavy atom. The van der Waals surface area contributed by atoms with Gasteiger partial charge < -0.3 is 5.11 Å². The van der Waals surface area contributed by atoms with Crippen molar-refractivity contribution in [2.75, 3.05) is 0 Å². The van der Waals surface area contributed by atoms with Gasteiger partial charge in [0, 0.05) is 0 Å². The molecule has 7 aromatic rings. The minimum atomic E-state index is -2.50. The van der Waals surface area contributed by atoms with Crippen molar-refractivity contribution in [3.8, 4) is 5.75 Å². The Kier molecular flexibility index (Phi) is 9.94. The van der Waals surface area contributed by atoms with Gasteiger partial charge in [-0.1, -0.05) is 140 Å². The molecule has 0 bridgehead atoms. The first kappa shape index (κ1) is 30.9. The molecule has 0 saturated heterocycles. The monoisotopic (exact) mass is 631 g/mol. The highest BCUT2D eigenvalue weighted by atomic mass is 31.2. The standard InChI is InChI=1S/C36H30NP2.C6H6O/c1-7-19-31(20-8-1)38(32-21-9-2-10-22-32,33-23-11-3-12-24-33)37-39(34-25-13-4-14-26-34,35-27-15-5-16-28-35)36-29-17-6-18-30-36;7-6-4-2-1-3-5-6/h1-30H;1-5,7H/q+1;/p-1. The van der Waals surface area contributed by atoms with Gasteiger partial charge in [0.2, 0.25) is 0 Å². The van der Waals surface area contributed by atoms with Crippen LogP contribution in [0.5, 0.6) is 5.75 Å². The highest BCUT2D eigenvalue weighted by Crippen LogP contribution is 2.50. The molecule has 0 aromatic heterocycles. The van der Waals surface area contributed by atoms with Gasteiger partial charge in [0.15, 0.2) is 0 Å². The molecule has 0 aliphatic carbocycles. The van der Waals surface area contributed by atoms with Gasteiger partial charge in [0.05, 0.1) is 31.8 Å². The summed E-state index contributed by atoms with van der Waals surface area (Å²) in [4.78, 5) is 0. The van der Waals surface area contributed by atoms with Gasteiger partial charge in [-0.3, -0.25) is 0 Å². The molecule has 0 spiro atoms. The fourth-order valence-corrected chi connectivity index (χ4v) is 15.2. The fourth-order valence-electron chi connectivity index (χ4n) is 5.69. The molecule has 46 heavy (non-hydrogen) atoms. The molecule has 4 heteroatoms. The van der Waals surface area contributed by atoms with Gasteiger partial charge in [0.25, 0.3) is 0 Å². The van der Waals surface area contributed by atoms with Crippen molar-refractivity contribution in [2.24, 2.45) is 0 Å². The number of benzene rings is 7. The second kappa shape index (κ2) is 14.8. The van der Waals surface area contributed by atoms with Crippen molar-refractivity contribution < 1.29 is 5.11 Å². The van der Waals surface area contributed by atoms with E-state index in [-0.39, 0.29) is 5.75 Å². The summed E-state index contributed by atoms with van der Waals surface area (Å²) in [6, 6.07) is 74.0. The molecule has 7 aromatic carbocycles. The lowest BCUT2D eigenvalue weighted by Crippen LogP contribution is -2.31. The van der Waals surface area contributed by atoms with Crippen LogP contribution in [0.1, 0.15) is 0 Å². The Morgan fingerprint density at radius 3 is 0.587 bits per heavy atom. The van der Waals surface area contributed by atoms with Crippen LogP contribution in [0.4, 0.5) is 0 Å². The molecule has 0 radical (unpaired) electrons. The molecule has 0 N–H and O–H groups in total. The van der Waals surface area contributed by atoms with E-state index in [0.717, 1.165) is 0 Å². The van der Waals surface area contributed by atoms with E-state index in [1.165, 1.54) is 44.0 Å². The van der Waals surface area contributed by atoms with Crippen molar-refractivity contribution in [3.63, 3.8) is 0 Å². The van der Waals surface area contributed by atoms with Gasteiger partial charge in [-0.2, -0.15) is 0 Å². The fraction of sp³-hybridized carbons (Fsp3) is 0. The average molecular weight is 632 g/mol. The van der Waals surface area contributed by atoms with E-state index in [2.05, 4.69) is 182 Å². The van der Waals surface area contributed by atoms with Crippen molar-refractivity contribution in [1.29, 1.82) is 0 Å². The molecule has 2 nitrogen and oxygen atoms in total. The van der Waals surface area contributed by atoms with E-state index in [1.807, 2.05) is 6.07 Å². The molecule has 0 atom stereocenters. The normalized spacial score (nSPS) is 11.0. The largest absolute Gasteiger partial charge is 0.872 e. The summed E-state index contributed by atoms with van der Waals surface area (Å²) < 4.78 is 6.38. The lowest BCUT2D eigenvalue weighted by atomic mass is 10.3. The third kappa shape index (κ3) is 6.48. The van der Waals surface area contributed by atoms with Crippen LogP contribution in [0.15, 0.2) is 212 Å². The Hall–Kier alpha value is -5.09. The molecule has 0 aliphatic heterocycles. The minimum absolute atomic E-state index is 0.0718. The van der Waals surface area contributed by atoms with Crippen LogP contribution in [-0.2, 0) is 0 Å². The van der Waals surface area contributed by atoms with Gasteiger partial charge >= 0.3 is 14.1 Å². The van der Waals surface area contributed by atoms with E-state index < -0.39 is 14.1 Å². The summed E-state index contributed by atoms with van der Waals surface area (Å²) in [5, 5.41) is 17.8.